The van der Waals surface area contributed by atoms with E-state index in [4.69, 9.17) is 4.74 Å². The normalized spacial score (nSPS) is 10.8. The number of aromatic amines is 1. The Morgan fingerprint density at radius 2 is 2.33 bits per heavy atom. The van der Waals surface area contributed by atoms with Gasteiger partial charge in [-0.25, -0.2) is 10.1 Å². The first kappa shape index (κ1) is 9.98. The number of ether oxygens (including phenoxy) is 1. The second-order valence-electron chi connectivity index (χ2n) is 3.25. The van der Waals surface area contributed by atoms with Crippen molar-refractivity contribution in [2.45, 2.75) is 13.3 Å². The predicted octanol–water partition coefficient (Wildman–Crippen LogP) is 1.93. The smallest absolute Gasteiger partial charge is 0.121 e. The summed E-state index contributed by atoms with van der Waals surface area (Å²) in [5.74, 6) is 1.55. The molecular weight excluding hydrogens is 192 g/mol. The molecule has 0 spiro atoms. The molecule has 0 unspecified atom stereocenters. The van der Waals surface area contributed by atoms with Crippen LogP contribution in [0.25, 0.3) is 11.0 Å². The Morgan fingerprint density at radius 3 is 3.07 bits per heavy atom. The molecule has 2 aromatic rings. The Hall–Kier alpha value is -1.55. The number of nitrogens with one attached hydrogen (secondary N) is 1. The summed E-state index contributed by atoms with van der Waals surface area (Å²) in [6.07, 6.45) is 0.443. The highest BCUT2D eigenvalue weighted by atomic mass is 16.5. The Labute approximate surface area is 87.9 Å². The molecule has 1 aromatic heterocycles. The fraction of sp³-hybridized carbons (Fsp3) is 0.364. The van der Waals surface area contributed by atoms with Gasteiger partial charge in [0.1, 0.15) is 11.6 Å². The van der Waals surface area contributed by atoms with Crippen LogP contribution in [0.5, 0.6) is 5.75 Å². The van der Waals surface area contributed by atoms with Crippen molar-refractivity contribution in [2.75, 3.05) is 13.2 Å². The zero-order valence-electron chi connectivity index (χ0n) is 8.62. The first-order valence-corrected chi connectivity index (χ1v) is 5.03. The van der Waals surface area contributed by atoms with Gasteiger partial charge in [-0.05, 0) is 19.1 Å². The van der Waals surface area contributed by atoms with Crippen molar-refractivity contribution in [3.63, 3.8) is 0 Å². The Kier molecular flexibility index (Phi) is 2.87. The summed E-state index contributed by atoms with van der Waals surface area (Å²) in [5, 5.41) is 10.5. The van der Waals surface area contributed by atoms with Gasteiger partial charge in [0.25, 0.3) is 0 Å². The molecule has 0 fully saturated rings. The molecule has 4 nitrogen and oxygen atoms in total. The van der Waals surface area contributed by atoms with E-state index in [1.165, 1.54) is 0 Å². The molecule has 0 aliphatic rings. The van der Waals surface area contributed by atoms with E-state index in [1.54, 1.807) is 0 Å². The third-order valence-corrected chi connectivity index (χ3v) is 2.15. The average molecular weight is 205 g/mol. The molecule has 15 heavy (non-hydrogen) atoms. The number of hydrogen-bond donors (Lipinski definition) is 1. The van der Waals surface area contributed by atoms with Gasteiger partial charge in [0.2, 0.25) is 0 Å². The van der Waals surface area contributed by atoms with Gasteiger partial charge in [-0.1, -0.05) is 0 Å². The second kappa shape index (κ2) is 4.31. The van der Waals surface area contributed by atoms with E-state index < -0.39 is 0 Å². The lowest BCUT2D eigenvalue weighted by atomic mass is 10.3. The highest BCUT2D eigenvalue weighted by Crippen LogP contribution is 2.19. The lowest BCUT2D eigenvalue weighted by molar-refractivity contribution is 0.195. The van der Waals surface area contributed by atoms with Crippen LogP contribution in [-0.4, -0.2) is 23.2 Å². The van der Waals surface area contributed by atoms with Crippen molar-refractivity contribution in [1.29, 1.82) is 0 Å². The summed E-state index contributed by atoms with van der Waals surface area (Å²) in [4.78, 5) is 7.41. The van der Waals surface area contributed by atoms with E-state index in [1.807, 2.05) is 25.1 Å². The van der Waals surface area contributed by atoms with Crippen molar-refractivity contribution in [1.82, 2.24) is 9.97 Å². The van der Waals surface area contributed by atoms with Crippen molar-refractivity contribution < 1.29 is 9.84 Å². The maximum atomic E-state index is 10.5. The van der Waals surface area contributed by atoms with Gasteiger partial charge in [0, 0.05) is 12.5 Å². The minimum absolute atomic E-state index is 0.141. The molecule has 0 saturated carbocycles. The monoisotopic (exact) mass is 205 g/mol. The SMILES string of the molecule is CCOc1ccc2[nH]c(CC[O])nc2c1. The van der Waals surface area contributed by atoms with Gasteiger partial charge in [-0.3, -0.25) is 0 Å². The van der Waals surface area contributed by atoms with Gasteiger partial charge in [-0.15, -0.1) is 0 Å². The fourth-order valence-corrected chi connectivity index (χ4v) is 1.51. The first-order chi connectivity index (χ1) is 7.33. The van der Waals surface area contributed by atoms with E-state index >= 15 is 0 Å². The van der Waals surface area contributed by atoms with Crippen LogP contribution in [0.2, 0.25) is 0 Å². The molecular formula is C11H13N2O2. The van der Waals surface area contributed by atoms with Gasteiger partial charge >= 0.3 is 0 Å². The van der Waals surface area contributed by atoms with Crippen molar-refractivity contribution >= 4 is 11.0 Å². The van der Waals surface area contributed by atoms with Crippen LogP contribution < -0.4 is 4.74 Å². The van der Waals surface area contributed by atoms with E-state index in [0.29, 0.717) is 13.0 Å². The topological polar surface area (TPSA) is 57.8 Å². The van der Waals surface area contributed by atoms with Crippen molar-refractivity contribution in [3.8, 4) is 5.75 Å². The summed E-state index contributed by atoms with van der Waals surface area (Å²) in [6.45, 7) is 2.44. The van der Waals surface area contributed by atoms with Crippen LogP contribution in [0.4, 0.5) is 0 Å². The first-order valence-electron chi connectivity index (χ1n) is 5.03. The summed E-state index contributed by atoms with van der Waals surface area (Å²) in [7, 11) is 0. The van der Waals surface area contributed by atoms with Gasteiger partial charge in [0.15, 0.2) is 0 Å². The molecule has 1 radical (unpaired) electrons. The van der Waals surface area contributed by atoms with Gasteiger partial charge in [0.05, 0.1) is 24.2 Å². The van der Waals surface area contributed by atoms with Crippen LogP contribution in [0.3, 0.4) is 0 Å². The molecule has 0 aliphatic heterocycles. The second-order valence-corrected chi connectivity index (χ2v) is 3.25. The molecule has 1 aromatic carbocycles. The number of aromatic nitrogens is 2. The molecule has 0 atom stereocenters. The zero-order valence-corrected chi connectivity index (χ0v) is 8.62. The highest BCUT2D eigenvalue weighted by Gasteiger charge is 2.03. The number of H-pyrrole nitrogens is 1. The van der Waals surface area contributed by atoms with Crippen molar-refractivity contribution in [3.05, 3.63) is 24.0 Å². The van der Waals surface area contributed by atoms with E-state index in [0.717, 1.165) is 22.6 Å². The van der Waals surface area contributed by atoms with E-state index in [9.17, 15) is 5.11 Å². The summed E-state index contributed by atoms with van der Waals surface area (Å²) in [6, 6.07) is 5.69. The largest absolute Gasteiger partial charge is 0.494 e. The third kappa shape index (κ3) is 2.10. The number of hydrogen-bond acceptors (Lipinski definition) is 2. The van der Waals surface area contributed by atoms with E-state index in [2.05, 4.69) is 9.97 Å². The minimum Gasteiger partial charge on any atom is -0.494 e. The van der Waals surface area contributed by atoms with Crippen LogP contribution >= 0.6 is 0 Å². The maximum Gasteiger partial charge on any atom is 0.121 e. The Morgan fingerprint density at radius 1 is 1.47 bits per heavy atom. The summed E-state index contributed by atoms with van der Waals surface area (Å²) in [5.41, 5.74) is 1.80. The number of benzene rings is 1. The lowest BCUT2D eigenvalue weighted by Gasteiger charge is -2.00. The van der Waals surface area contributed by atoms with E-state index in [-0.39, 0.29) is 6.61 Å². The number of rotatable bonds is 4. The quantitative estimate of drug-likeness (QED) is 0.829. The summed E-state index contributed by atoms with van der Waals surface area (Å²) >= 11 is 0. The van der Waals surface area contributed by atoms with Crippen LogP contribution in [0.1, 0.15) is 12.7 Å². The number of nitrogens with zero attached hydrogens (tertiary/aromatic N) is 1. The third-order valence-electron chi connectivity index (χ3n) is 2.15. The fourth-order valence-electron chi connectivity index (χ4n) is 1.51. The standard InChI is InChI=1S/C11H13N2O2/c1-2-15-8-3-4-9-10(7-8)13-11(12-9)5-6-14/h3-4,7H,2,5-6H2,1H3,(H,12,13). The summed E-state index contributed by atoms with van der Waals surface area (Å²) < 4.78 is 5.37. The van der Waals surface area contributed by atoms with Crippen LogP contribution in [-0.2, 0) is 11.5 Å². The average Bonchev–Trinajstić information content (AvgIpc) is 2.60. The van der Waals surface area contributed by atoms with Crippen LogP contribution in [0.15, 0.2) is 18.2 Å². The predicted molar refractivity (Wildman–Crippen MR) is 56.5 cm³/mol. The molecule has 2 rings (SSSR count). The molecule has 1 heterocycles. The molecule has 0 saturated heterocycles. The van der Waals surface area contributed by atoms with Gasteiger partial charge in [-0.2, -0.15) is 0 Å². The molecule has 0 bridgehead atoms. The molecule has 79 valence electrons. The lowest BCUT2D eigenvalue weighted by Crippen LogP contribution is -1.90. The van der Waals surface area contributed by atoms with Crippen molar-refractivity contribution in [2.24, 2.45) is 0 Å². The zero-order chi connectivity index (χ0) is 10.7. The van der Waals surface area contributed by atoms with Crippen LogP contribution in [0, 0.1) is 0 Å². The Bertz CT molecular complexity index is 447. The molecule has 4 heteroatoms. The molecule has 1 N–H and O–H groups in total. The molecule has 0 aliphatic carbocycles. The maximum absolute atomic E-state index is 10.5. The highest BCUT2D eigenvalue weighted by molar-refractivity contribution is 5.76. The number of fused-ring (bicyclic) bond motifs is 1. The van der Waals surface area contributed by atoms with Gasteiger partial charge < -0.3 is 9.72 Å². The minimum atomic E-state index is -0.141. The Balaban J connectivity index is 2.34. The number of imidazole rings is 1. The molecule has 0 amide bonds.